The van der Waals surface area contributed by atoms with Gasteiger partial charge < -0.3 is 24.2 Å². The molecule has 1 unspecified atom stereocenters. The third-order valence-corrected chi connectivity index (χ3v) is 8.97. The van der Waals surface area contributed by atoms with Gasteiger partial charge in [0.05, 0.1) is 29.9 Å². The molecule has 1 atom stereocenters. The fraction of sp³-hybridized carbons (Fsp3) is 0.378. The second kappa shape index (κ2) is 18.9. The van der Waals surface area contributed by atoms with Crippen molar-refractivity contribution in [2.24, 2.45) is 11.3 Å². The Kier molecular flexibility index (Phi) is 15.0. The van der Waals surface area contributed by atoms with Gasteiger partial charge in [0.2, 0.25) is 0 Å². The van der Waals surface area contributed by atoms with Gasteiger partial charge in [-0.25, -0.2) is 9.78 Å². The van der Waals surface area contributed by atoms with E-state index in [-0.39, 0.29) is 18.9 Å². The topological polar surface area (TPSA) is 139 Å². The third-order valence-electron chi connectivity index (χ3n) is 7.53. The largest absolute Gasteiger partial charge is 0.494 e. The van der Waals surface area contributed by atoms with Gasteiger partial charge in [-0.2, -0.15) is 5.26 Å². The number of aryl methyl sites for hydroxylation is 1. The molecule has 10 nitrogen and oxygen atoms in total. The van der Waals surface area contributed by atoms with Crippen molar-refractivity contribution in [3.8, 4) is 22.4 Å². The van der Waals surface area contributed by atoms with Crippen molar-refractivity contribution in [3.05, 3.63) is 93.2 Å². The summed E-state index contributed by atoms with van der Waals surface area (Å²) in [6.07, 6.45) is 7.10. The van der Waals surface area contributed by atoms with Gasteiger partial charge in [0.1, 0.15) is 34.1 Å². The van der Waals surface area contributed by atoms with Crippen LogP contribution in [-0.2, 0) is 14.3 Å². The Morgan fingerprint density at radius 2 is 1.88 bits per heavy atom. The minimum Gasteiger partial charge on any atom is -0.494 e. The van der Waals surface area contributed by atoms with Crippen LogP contribution in [0.3, 0.4) is 0 Å². The highest BCUT2D eigenvalue weighted by Gasteiger charge is 2.32. The first-order valence-electron chi connectivity index (χ1n) is 15.8. The number of halogens is 1. The molecule has 0 bridgehead atoms. The first-order valence-corrected chi connectivity index (χ1v) is 17.0. The molecule has 4 rings (SSSR count). The van der Waals surface area contributed by atoms with Crippen molar-refractivity contribution in [3.63, 3.8) is 0 Å². The molecular formula is C37H42ClN3O7S. The first-order chi connectivity index (χ1) is 23.4. The Balaban J connectivity index is 0.00000209. The number of allylic oxidation sites excluding steroid dienone is 3. The number of nitriles is 1. The zero-order valence-corrected chi connectivity index (χ0v) is 30.0. The number of Topliss-reactive ketones (excluding diaryl/α,β-unsaturated/α-hetero) is 1. The van der Waals surface area contributed by atoms with E-state index in [4.69, 9.17) is 35.7 Å². The SMILES string of the molecule is Cc1nc(-c2ccc(OCC(C)C)c(C#N)c2)sc1C(=O)OCCN(C)CCCOC1=CCC(C)(C(=O)c2ccc(Cl)cc2)C=C1.O=CO. The number of likely N-dealkylation sites (N-methyl/N-ethyl adjacent to an activating group) is 1. The smallest absolute Gasteiger partial charge is 0.350 e. The molecular weight excluding hydrogens is 666 g/mol. The Morgan fingerprint density at radius 1 is 1.16 bits per heavy atom. The summed E-state index contributed by atoms with van der Waals surface area (Å²) in [5.74, 6) is 1.29. The molecule has 260 valence electrons. The van der Waals surface area contributed by atoms with E-state index >= 15 is 0 Å². The van der Waals surface area contributed by atoms with Crippen molar-refractivity contribution in [1.82, 2.24) is 9.88 Å². The van der Waals surface area contributed by atoms with Crippen molar-refractivity contribution in [1.29, 1.82) is 5.26 Å². The van der Waals surface area contributed by atoms with Crippen LogP contribution in [0.15, 0.2) is 66.5 Å². The molecule has 1 aliphatic carbocycles. The highest BCUT2D eigenvalue weighted by molar-refractivity contribution is 7.17. The number of nitrogens with zero attached hydrogens (tertiary/aromatic N) is 3. The molecule has 3 aromatic rings. The molecule has 1 heterocycles. The molecule has 0 amide bonds. The number of carbonyl (C=O) groups excluding carboxylic acids is 2. The summed E-state index contributed by atoms with van der Waals surface area (Å²) < 4.78 is 17.2. The zero-order chi connectivity index (χ0) is 36.0. The van der Waals surface area contributed by atoms with Crippen LogP contribution >= 0.6 is 22.9 Å². The molecule has 1 N–H and O–H groups in total. The molecule has 0 radical (unpaired) electrons. The predicted octanol–water partition coefficient (Wildman–Crippen LogP) is 7.61. The second-order valence-electron chi connectivity index (χ2n) is 12.1. The normalized spacial score (nSPS) is 15.1. The number of thiazole rings is 1. The van der Waals surface area contributed by atoms with Crippen LogP contribution in [0.1, 0.15) is 64.9 Å². The number of ketones is 1. The van der Waals surface area contributed by atoms with Gasteiger partial charge in [0.25, 0.3) is 6.47 Å². The van der Waals surface area contributed by atoms with Crippen LogP contribution < -0.4 is 4.74 Å². The fourth-order valence-corrected chi connectivity index (χ4v) is 5.84. The molecule has 0 saturated heterocycles. The van der Waals surface area contributed by atoms with Gasteiger partial charge in [-0.05, 0) is 94.3 Å². The lowest BCUT2D eigenvalue weighted by molar-refractivity contribution is -0.122. The predicted molar refractivity (Wildman–Crippen MR) is 190 cm³/mol. The highest BCUT2D eigenvalue weighted by Crippen LogP contribution is 2.34. The van der Waals surface area contributed by atoms with E-state index in [9.17, 15) is 14.9 Å². The Bertz CT molecular complexity index is 1690. The van der Waals surface area contributed by atoms with Gasteiger partial charge in [-0.15, -0.1) is 11.3 Å². The number of aromatic nitrogens is 1. The van der Waals surface area contributed by atoms with Crippen LogP contribution in [0.5, 0.6) is 5.75 Å². The maximum absolute atomic E-state index is 13.0. The van der Waals surface area contributed by atoms with E-state index in [1.54, 1.807) is 43.3 Å². The average molecular weight is 708 g/mol. The minimum absolute atomic E-state index is 0.0518. The maximum Gasteiger partial charge on any atom is 0.350 e. The van der Waals surface area contributed by atoms with Crippen molar-refractivity contribution in [2.75, 3.05) is 40.0 Å². The summed E-state index contributed by atoms with van der Waals surface area (Å²) in [5.41, 5.74) is 1.80. The lowest BCUT2D eigenvalue weighted by Crippen LogP contribution is -2.27. The van der Waals surface area contributed by atoms with Crippen molar-refractivity contribution >= 4 is 41.2 Å². The summed E-state index contributed by atoms with van der Waals surface area (Å²) in [4.78, 5) is 41.3. The molecule has 0 saturated carbocycles. The number of hydrogen-bond donors (Lipinski definition) is 1. The summed E-state index contributed by atoms with van der Waals surface area (Å²) >= 11 is 7.21. The summed E-state index contributed by atoms with van der Waals surface area (Å²) in [5, 5.41) is 17.7. The summed E-state index contributed by atoms with van der Waals surface area (Å²) in [7, 11) is 1.97. The van der Waals surface area contributed by atoms with Crippen LogP contribution in [-0.4, -0.2) is 73.2 Å². The lowest BCUT2D eigenvalue weighted by Gasteiger charge is -2.26. The van der Waals surface area contributed by atoms with E-state index in [0.29, 0.717) is 69.6 Å². The second-order valence-corrected chi connectivity index (χ2v) is 13.5. The van der Waals surface area contributed by atoms with Crippen LogP contribution in [0, 0.1) is 29.6 Å². The molecule has 12 heteroatoms. The molecule has 0 spiro atoms. The summed E-state index contributed by atoms with van der Waals surface area (Å²) in [6.45, 7) is 10.2. The van der Waals surface area contributed by atoms with Gasteiger partial charge in [0, 0.05) is 29.2 Å². The lowest BCUT2D eigenvalue weighted by atomic mass is 9.77. The number of rotatable bonds is 15. The highest BCUT2D eigenvalue weighted by atomic mass is 35.5. The fourth-order valence-electron chi connectivity index (χ4n) is 4.76. The van der Waals surface area contributed by atoms with E-state index < -0.39 is 11.4 Å². The number of hydrogen-bond acceptors (Lipinski definition) is 10. The molecule has 2 aromatic carbocycles. The monoisotopic (exact) mass is 707 g/mol. The van der Waals surface area contributed by atoms with E-state index in [1.807, 2.05) is 52.1 Å². The van der Waals surface area contributed by atoms with Crippen molar-refractivity contribution < 1.29 is 33.7 Å². The number of benzene rings is 2. The van der Waals surface area contributed by atoms with Crippen LogP contribution in [0.2, 0.25) is 5.02 Å². The van der Waals surface area contributed by atoms with E-state index in [1.165, 1.54) is 11.3 Å². The molecule has 1 aliphatic rings. The van der Waals surface area contributed by atoms with Gasteiger partial charge in [-0.3, -0.25) is 9.59 Å². The maximum atomic E-state index is 13.0. The zero-order valence-electron chi connectivity index (χ0n) is 28.4. The number of esters is 1. The van der Waals surface area contributed by atoms with Crippen molar-refractivity contribution in [2.45, 2.75) is 40.5 Å². The third kappa shape index (κ3) is 11.6. The molecule has 0 fully saturated rings. The number of ether oxygens (including phenoxy) is 3. The molecule has 0 aliphatic heterocycles. The van der Waals surface area contributed by atoms with E-state index in [0.717, 1.165) is 24.3 Å². The Hall–Kier alpha value is -4.50. The quantitative estimate of drug-likeness (QED) is 0.0727. The standard InChI is InChI=1S/C36H40ClN3O5S.CH2O2/c1-24(2)23-45-31-12-9-27(21-28(31)22-38)34-39-25(3)32(46-34)35(42)44-20-18-40(5)17-6-19-43-30-13-15-36(4,16-14-30)33(41)26-7-10-29(37)11-8-26;2-1-3/h7-15,21,24H,6,16-20,23H2,1-5H3;1H,(H,2,3). The molecule has 49 heavy (non-hydrogen) atoms. The Labute approximate surface area is 296 Å². The van der Waals surface area contributed by atoms with Crippen LogP contribution in [0.4, 0.5) is 0 Å². The minimum atomic E-state index is -0.619. The van der Waals surface area contributed by atoms with Gasteiger partial charge in [-0.1, -0.05) is 31.5 Å². The van der Waals surface area contributed by atoms with Gasteiger partial charge in [0.15, 0.2) is 5.78 Å². The average Bonchev–Trinajstić information content (AvgIpc) is 3.48. The number of carboxylic acid groups (broad SMARTS) is 1. The molecule has 1 aromatic heterocycles. The Morgan fingerprint density at radius 3 is 2.51 bits per heavy atom. The van der Waals surface area contributed by atoms with Gasteiger partial charge >= 0.3 is 5.97 Å². The summed E-state index contributed by atoms with van der Waals surface area (Å²) in [6, 6.07) is 14.5. The first kappa shape index (κ1) is 38.9. The van der Waals surface area contributed by atoms with Crippen LogP contribution in [0.25, 0.3) is 10.6 Å². The van der Waals surface area contributed by atoms with E-state index in [2.05, 4.69) is 16.0 Å². The number of carbonyl (C=O) groups is 3.